The standard InChI is InChI=1S/C10H20N2O2/c1-7(2)9(11)10(13)12-8-4-3-5-14-6-8/h7-9H,3-6,11H2,1-2H3,(H,12,13). The lowest BCUT2D eigenvalue weighted by molar-refractivity contribution is -0.124. The van der Waals surface area contributed by atoms with E-state index in [1.54, 1.807) is 0 Å². The molecule has 0 saturated carbocycles. The van der Waals surface area contributed by atoms with Gasteiger partial charge in [0.15, 0.2) is 0 Å². The summed E-state index contributed by atoms with van der Waals surface area (Å²) in [7, 11) is 0. The van der Waals surface area contributed by atoms with Crippen LogP contribution >= 0.6 is 0 Å². The zero-order chi connectivity index (χ0) is 10.6. The van der Waals surface area contributed by atoms with Crippen LogP contribution in [0.15, 0.2) is 0 Å². The summed E-state index contributed by atoms with van der Waals surface area (Å²) >= 11 is 0. The predicted molar refractivity (Wildman–Crippen MR) is 54.8 cm³/mol. The van der Waals surface area contributed by atoms with Crippen molar-refractivity contribution < 1.29 is 9.53 Å². The van der Waals surface area contributed by atoms with Crippen LogP contribution in [0.25, 0.3) is 0 Å². The van der Waals surface area contributed by atoms with E-state index < -0.39 is 6.04 Å². The van der Waals surface area contributed by atoms with E-state index in [1.807, 2.05) is 13.8 Å². The van der Waals surface area contributed by atoms with Gasteiger partial charge in [-0.3, -0.25) is 4.79 Å². The molecule has 4 heteroatoms. The number of carbonyl (C=O) groups is 1. The highest BCUT2D eigenvalue weighted by atomic mass is 16.5. The second kappa shape index (κ2) is 5.32. The Morgan fingerprint density at radius 2 is 2.29 bits per heavy atom. The molecule has 0 bridgehead atoms. The van der Waals surface area contributed by atoms with Crippen LogP contribution < -0.4 is 11.1 Å². The second-order valence-corrected chi connectivity index (χ2v) is 4.19. The zero-order valence-electron chi connectivity index (χ0n) is 8.95. The Labute approximate surface area is 85.2 Å². The quantitative estimate of drug-likeness (QED) is 0.687. The van der Waals surface area contributed by atoms with E-state index in [4.69, 9.17) is 10.5 Å². The van der Waals surface area contributed by atoms with Gasteiger partial charge in [0, 0.05) is 6.61 Å². The highest BCUT2D eigenvalue weighted by molar-refractivity contribution is 5.82. The Bertz CT molecular complexity index is 189. The van der Waals surface area contributed by atoms with Gasteiger partial charge >= 0.3 is 0 Å². The van der Waals surface area contributed by atoms with Gasteiger partial charge in [-0.25, -0.2) is 0 Å². The van der Waals surface area contributed by atoms with Gasteiger partial charge in [-0.05, 0) is 18.8 Å². The second-order valence-electron chi connectivity index (χ2n) is 4.19. The fourth-order valence-corrected chi connectivity index (χ4v) is 1.45. The molecule has 1 fully saturated rings. The van der Waals surface area contributed by atoms with Crippen molar-refractivity contribution in [3.05, 3.63) is 0 Å². The van der Waals surface area contributed by atoms with Gasteiger partial charge in [-0.1, -0.05) is 13.8 Å². The molecule has 0 aromatic heterocycles. The summed E-state index contributed by atoms with van der Waals surface area (Å²) in [5.41, 5.74) is 5.72. The van der Waals surface area contributed by atoms with Crippen molar-refractivity contribution in [2.45, 2.75) is 38.8 Å². The maximum absolute atomic E-state index is 11.6. The van der Waals surface area contributed by atoms with Crippen molar-refractivity contribution in [1.29, 1.82) is 0 Å². The van der Waals surface area contributed by atoms with Crippen LogP contribution in [-0.2, 0) is 9.53 Å². The summed E-state index contributed by atoms with van der Waals surface area (Å²) < 4.78 is 5.27. The van der Waals surface area contributed by atoms with Gasteiger partial charge in [0.25, 0.3) is 0 Å². The molecule has 1 saturated heterocycles. The molecule has 4 nitrogen and oxygen atoms in total. The lowest BCUT2D eigenvalue weighted by Gasteiger charge is -2.25. The Morgan fingerprint density at radius 1 is 1.57 bits per heavy atom. The topological polar surface area (TPSA) is 64.4 Å². The number of nitrogens with two attached hydrogens (primary N) is 1. The number of hydrogen-bond donors (Lipinski definition) is 2. The molecular weight excluding hydrogens is 180 g/mol. The van der Waals surface area contributed by atoms with Gasteiger partial charge < -0.3 is 15.8 Å². The first-order valence-corrected chi connectivity index (χ1v) is 5.25. The monoisotopic (exact) mass is 200 g/mol. The number of hydrogen-bond acceptors (Lipinski definition) is 3. The van der Waals surface area contributed by atoms with Crippen LogP contribution in [0.5, 0.6) is 0 Å². The van der Waals surface area contributed by atoms with E-state index in [1.165, 1.54) is 0 Å². The van der Waals surface area contributed by atoms with Crippen molar-refractivity contribution in [2.75, 3.05) is 13.2 Å². The van der Waals surface area contributed by atoms with E-state index in [0.29, 0.717) is 6.61 Å². The van der Waals surface area contributed by atoms with Crippen LogP contribution in [0.2, 0.25) is 0 Å². The lowest BCUT2D eigenvalue weighted by Crippen LogP contribution is -2.50. The maximum Gasteiger partial charge on any atom is 0.237 e. The first-order valence-electron chi connectivity index (χ1n) is 5.25. The minimum absolute atomic E-state index is 0.0597. The largest absolute Gasteiger partial charge is 0.379 e. The van der Waals surface area contributed by atoms with Crippen molar-refractivity contribution in [2.24, 2.45) is 11.7 Å². The third kappa shape index (κ3) is 3.27. The fraction of sp³-hybridized carbons (Fsp3) is 0.900. The van der Waals surface area contributed by atoms with E-state index in [0.717, 1.165) is 19.4 Å². The molecule has 82 valence electrons. The summed E-state index contributed by atoms with van der Waals surface area (Å²) in [4.78, 5) is 11.6. The van der Waals surface area contributed by atoms with E-state index >= 15 is 0 Å². The molecule has 0 aromatic rings. The first-order chi connectivity index (χ1) is 6.61. The van der Waals surface area contributed by atoms with Crippen LogP contribution in [0.4, 0.5) is 0 Å². The molecule has 0 spiro atoms. The highest BCUT2D eigenvalue weighted by Crippen LogP contribution is 2.06. The number of carbonyl (C=O) groups excluding carboxylic acids is 1. The highest BCUT2D eigenvalue weighted by Gasteiger charge is 2.21. The van der Waals surface area contributed by atoms with E-state index in [2.05, 4.69) is 5.32 Å². The van der Waals surface area contributed by atoms with Gasteiger partial charge in [0.1, 0.15) is 0 Å². The third-order valence-corrected chi connectivity index (χ3v) is 2.53. The third-order valence-electron chi connectivity index (χ3n) is 2.53. The number of nitrogens with one attached hydrogen (secondary N) is 1. The normalized spacial score (nSPS) is 24.7. The number of rotatable bonds is 3. The number of ether oxygens (including phenoxy) is 1. The SMILES string of the molecule is CC(C)C(N)C(=O)NC1CCCOC1. The minimum atomic E-state index is -0.406. The summed E-state index contributed by atoms with van der Waals surface area (Å²) in [6, 6.07) is -0.252. The molecule has 1 aliphatic heterocycles. The predicted octanol–water partition coefficient (Wildman–Crippen LogP) is 0.265. The average molecular weight is 200 g/mol. The smallest absolute Gasteiger partial charge is 0.237 e. The molecule has 1 heterocycles. The van der Waals surface area contributed by atoms with Crippen molar-refractivity contribution in [3.8, 4) is 0 Å². The first kappa shape index (κ1) is 11.5. The lowest BCUT2D eigenvalue weighted by atomic mass is 10.0. The van der Waals surface area contributed by atoms with E-state index in [-0.39, 0.29) is 17.9 Å². The summed E-state index contributed by atoms with van der Waals surface area (Å²) in [5, 5.41) is 2.91. The van der Waals surface area contributed by atoms with Gasteiger partial charge in [-0.15, -0.1) is 0 Å². The Kier molecular flexibility index (Phi) is 4.35. The molecule has 3 N–H and O–H groups in total. The van der Waals surface area contributed by atoms with Crippen molar-refractivity contribution >= 4 is 5.91 Å². The van der Waals surface area contributed by atoms with Crippen molar-refractivity contribution in [1.82, 2.24) is 5.32 Å². The summed E-state index contributed by atoms with van der Waals surface area (Å²) in [6.07, 6.45) is 2.01. The molecule has 0 aromatic carbocycles. The average Bonchev–Trinajstić information content (AvgIpc) is 2.18. The molecule has 14 heavy (non-hydrogen) atoms. The van der Waals surface area contributed by atoms with Crippen LogP contribution in [0.3, 0.4) is 0 Å². The summed E-state index contributed by atoms with van der Waals surface area (Å²) in [5.74, 6) is 0.120. The summed E-state index contributed by atoms with van der Waals surface area (Å²) in [6.45, 7) is 5.32. The van der Waals surface area contributed by atoms with Crippen LogP contribution in [-0.4, -0.2) is 31.2 Å². The maximum atomic E-state index is 11.6. The van der Waals surface area contributed by atoms with Crippen molar-refractivity contribution in [3.63, 3.8) is 0 Å². The molecule has 1 aliphatic rings. The number of amides is 1. The molecule has 1 amide bonds. The molecular formula is C10H20N2O2. The molecule has 0 radical (unpaired) electrons. The molecule has 2 atom stereocenters. The van der Waals surface area contributed by atoms with E-state index in [9.17, 15) is 4.79 Å². The van der Waals surface area contributed by atoms with Gasteiger partial charge in [-0.2, -0.15) is 0 Å². The minimum Gasteiger partial charge on any atom is -0.379 e. The Balaban J connectivity index is 2.31. The van der Waals surface area contributed by atoms with Crippen LogP contribution in [0, 0.1) is 5.92 Å². The van der Waals surface area contributed by atoms with Crippen LogP contribution in [0.1, 0.15) is 26.7 Å². The molecule has 1 rings (SSSR count). The van der Waals surface area contributed by atoms with Gasteiger partial charge in [0.2, 0.25) is 5.91 Å². The molecule has 0 aliphatic carbocycles. The Hall–Kier alpha value is -0.610. The zero-order valence-corrected chi connectivity index (χ0v) is 8.95. The fourth-order valence-electron chi connectivity index (χ4n) is 1.45. The Morgan fingerprint density at radius 3 is 2.79 bits per heavy atom. The molecule has 2 unspecified atom stereocenters. The van der Waals surface area contributed by atoms with Gasteiger partial charge in [0.05, 0.1) is 18.7 Å².